The summed E-state index contributed by atoms with van der Waals surface area (Å²) in [5.41, 5.74) is 0.267. The highest BCUT2D eigenvalue weighted by Gasteiger charge is 2.33. The Morgan fingerprint density at radius 3 is 2.58 bits per heavy atom. The Morgan fingerprint density at radius 2 is 1.87 bits per heavy atom. The fourth-order valence-electron chi connectivity index (χ4n) is 4.62. The molecule has 0 bridgehead atoms. The van der Waals surface area contributed by atoms with Crippen LogP contribution in [0.2, 0.25) is 0 Å². The highest BCUT2D eigenvalue weighted by Crippen LogP contribution is 2.33. The fourth-order valence-corrected chi connectivity index (χ4v) is 6.50. The van der Waals surface area contributed by atoms with Crippen LogP contribution in [0, 0.1) is 0 Å². The Bertz CT molecular complexity index is 1040. The van der Waals surface area contributed by atoms with Gasteiger partial charge in [0.15, 0.2) is 0 Å². The highest BCUT2D eigenvalue weighted by atomic mass is 32.2. The molecule has 1 aliphatic carbocycles. The van der Waals surface area contributed by atoms with Gasteiger partial charge in [0.05, 0.1) is 19.3 Å². The number of carbonyl (C=O) groups excluding carboxylic acids is 1. The molecule has 1 N–H and O–H groups in total. The minimum absolute atomic E-state index is 0.0284. The molecule has 2 aromatic rings. The van der Waals surface area contributed by atoms with Crippen LogP contribution in [0.5, 0.6) is 5.75 Å². The van der Waals surface area contributed by atoms with Crippen molar-refractivity contribution in [3.05, 3.63) is 36.0 Å². The number of hydrogen-bond donors (Lipinski definition) is 1. The molecule has 0 radical (unpaired) electrons. The van der Waals surface area contributed by atoms with Gasteiger partial charge >= 0.3 is 0 Å². The molecule has 9 heteroatoms. The van der Waals surface area contributed by atoms with Crippen molar-refractivity contribution in [3.8, 4) is 5.75 Å². The van der Waals surface area contributed by atoms with E-state index in [2.05, 4.69) is 10.4 Å². The maximum absolute atomic E-state index is 13.4. The number of amides is 1. The van der Waals surface area contributed by atoms with Gasteiger partial charge in [-0.1, -0.05) is 19.3 Å². The number of benzene rings is 1. The lowest BCUT2D eigenvalue weighted by Crippen LogP contribution is -2.42. The maximum atomic E-state index is 13.4. The molecule has 1 saturated carbocycles. The van der Waals surface area contributed by atoms with Crippen molar-refractivity contribution in [1.29, 1.82) is 0 Å². The predicted molar refractivity (Wildman–Crippen MR) is 118 cm³/mol. The summed E-state index contributed by atoms with van der Waals surface area (Å²) in [6.45, 7) is 2.40. The van der Waals surface area contributed by atoms with Crippen LogP contribution < -0.4 is 10.1 Å². The first-order valence-corrected chi connectivity index (χ1v) is 12.4. The number of anilines is 1. The van der Waals surface area contributed by atoms with Crippen LogP contribution in [0.15, 0.2) is 35.4 Å². The number of sulfonamides is 1. The molecule has 1 aliphatic heterocycles. The molecule has 31 heavy (non-hydrogen) atoms. The first-order chi connectivity index (χ1) is 14.9. The third-order valence-corrected chi connectivity index (χ3v) is 8.37. The predicted octanol–water partition coefficient (Wildman–Crippen LogP) is 3.82. The van der Waals surface area contributed by atoms with E-state index in [1.165, 1.54) is 17.5 Å². The number of nitrogens with one attached hydrogen (secondary N) is 1. The third kappa shape index (κ3) is 4.34. The van der Waals surface area contributed by atoms with Gasteiger partial charge in [-0.3, -0.25) is 4.79 Å². The maximum Gasteiger partial charge on any atom is 0.256 e. The van der Waals surface area contributed by atoms with Crippen LogP contribution in [0.4, 0.5) is 5.82 Å². The van der Waals surface area contributed by atoms with Gasteiger partial charge in [-0.05, 0) is 50.8 Å². The van der Waals surface area contributed by atoms with Crippen LogP contribution in [0.3, 0.4) is 0 Å². The first-order valence-electron chi connectivity index (χ1n) is 11.0. The molecule has 2 fully saturated rings. The Balaban J connectivity index is 1.62. The molecule has 1 atom stereocenters. The van der Waals surface area contributed by atoms with Gasteiger partial charge in [0.2, 0.25) is 10.0 Å². The SMILES string of the molecule is COc1ccc(C(=O)Nc2ccnn2C2CCCC2)cc1S(=O)(=O)N1CCCCC1C. The van der Waals surface area contributed by atoms with Crippen molar-refractivity contribution in [2.45, 2.75) is 68.8 Å². The zero-order valence-corrected chi connectivity index (χ0v) is 18.9. The van der Waals surface area contributed by atoms with Crippen LogP contribution >= 0.6 is 0 Å². The molecular formula is C22H30N4O4S. The quantitative estimate of drug-likeness (QED) is 0.728. The topological polar surface area (TPSA) is 93.5 Å². The van der Waals surface area contributed by atoms with Gasteiger partial charge in [-0.25, -0.2) is 13.1 Å². The van der Waals surface area contributed by atoms with Gasteiger partial charge in [0.25, 0.3) is 5.91 Å². The number of ether oxygens (including phenoxy) is 1. The van der Waals surface area contributed by atoms with Gasteiger partial charge < -0.3 is 10.1 Å². The lowest BCUT2D eigenvalue weighted by Gasteiger charge is -2.32. The molecule has 2 aliphatic rings. The average Bonchev–Trinajstić information content (AvgIpc) is 3.45. The second-order valence-corrected chi connectivity index (χ2v) is 10.2. The minimum atomic E-state index is -3.78. The van der Waals surface area contributed by atoms with Gasteiger partial charge in [-0.2, -0.15) is 9.40 Å². The van der Waals surface area contributed by atoms with Crippen molar-refractivity contribution in [3.63, 3.8) is 0 Å². The zero-order chi connectivity index (χ0) is 22.0. The third-order valence-electron chi connectivity index (χ3n) is 6.34. The Kier molecular flexibility index (Phi) is 6.34. The van der Waals surface area contributed by atoms with E-state index in [9.17, 15) is 13.2 Å². The summed E-state index contributed by atoms with van der Waals surface area (Å²) >= 11 is 0. The van der Waals surface area contributed by atoms with Crippen molar-refractivity contribution in [1.82, 2.24) is 14.1 Å². The summed E-state index contributed by atoms with van der Waals surface area (Å²) in [7, 11) is -2.34. The molecule has 1 unspecified atom stereocenters. The summed E-state index contributed by atoms with van der Waals surface area (Å²) in [6, 6.07) is 6.53. The molecule has 4 rings (SSSR count). The van der Waals surface area contributed by atoms with Gasteiger partial charge in [-0.15, -0.1) is 0 Å². The number of hydrogen-bond acceptors (Lipinski definition) is 5. The van der Waals surface area contributed by atoms with Crippen molar-refractivity contribution < 1.29 is 17.9 Å². The number of rotatable bonds is 6. The Morgan fingerprint density at radius 1 is 1.13 bits per heavy atom. The monoisotopic (exact) mass is 446 g/mol. The van der Waals surface area contributed by atoms with E-state index < -0.39 is 10.0 Å². The second kappa shape index (κ2) is 9.00. The van der Waals surface area contributed by atoms with E-state index in [-0.39, 0.29) is 34.2 Å². The molecule has 8 nitrogen and oxygen atoms in total. The van der Waals surface area contributed by atoms with E-state index in [0.717, 1.165) is 44.9 Å². The van der Waals surface area contributed by atoms with Crippen molar-refractivity contribution >= 4 is 21.7 Å². The number of nitrogens with zero attached hydrogens (tertiary/aromatic N) is 3. The largest absolute Gasteiger partial charge is 0.495 e. The molecule has 1 aromatic carbocycles. The van der Waals surface area contributed by atoms with E-state index >= 15 is 0 Å². The Labute approximate surface area is 183 Å². The molecule has 1 saturated heterocycles. The summed E-state index contributed by atoms with van der Waals surface area (Å²) < 4.78 is 35.5. The summed E-state index contributed by atoms with van der Waals surface area (Å²) in [5, 5.41) is 7.28. The van der Waals surface area contributed by atoms with E-state index in [0.29, 0.717) is 12.4 Å². The fraction of sp³-hybridized carbons (Fsp3) is 0.545. The van der Waals surface area contributed by atoms with Crippen LogP contribution in [0.25, 0.3) is 0 Å². The van der Waals surface area contributed by atoms with Crippen LogP contribution in [-0.2, 0) is 10.0 Å². The first kappa shape index (κ1) is 21.8. The lowest BCUT2D eigenvalue weighted by molar-refractivity contribution is 0.102. The van der Waals surface area contributed by atoms with Crippen LogP contribution in [-0.4, -0.2) is 48.1 Å². The average molecular weight is 447 g/mol. The van der Waals surface area contributed by atoms with Gasteiger partial charge in [0.1, 0.15) is 16.5 Å². The van der Waals surface area contributed by atoms with Crippen molar-refractivity contribution in [2.24, 2.45) is 0 Å². The summed E-state index contributed by atoms with van der Waals surface area (Å²) in [6.07, 6.45) is 8.76. The normalized spacial score (nSPS) is 20.6. The molecule has 1 amide bonds. The molecule has 2 heterocycles. The highest BCUT2D eigenvalue weighted by molar-refractivity contribution is 7.89. The minimum Gasteiger partial charge on any atom is -0.495 e. The van der Waals surface area contributed by atoms with E-state index in [1.807, 2.05) is 11.6 Å². The second-order valence-electron chi connectivity index (χ2n) is 8.38. The molecule has 1 aromatic heterocycles. The number of methoxy groups -OCH3 is 1. The van der Waals surface area contributed by atoms with E-state index in [1.54, 1.807) is 24.4 Å². The standard InChI is InChI=1S/C22H30N4O4S/c1-16-7-5-6-14-25(16)31(28,29)20-15-17(10-11-19(20)30-2)22(27)24-21-12-13-23-26(21)18-8-3-4-9-18/h10-13,15-16,18H,3-9,14H2,1-2H3,(H,24,27). The van der Waals surface area contributed by atoms with Crippen molar-refractivity contribution in [2.75, 3.05) is 19.0 Å². The van der Waals surface area contributed by atoms with Gasteiger partial charge in [0, 0.05) is 24.2 Å². The zero-order valence-electron chi connectivity index (χ0n) is 18.1. The Hall–Kier alpha value is -2.39. The smallest absolute Gasteiger partial charge is 0.256 e. The summed E-state index contributed by atoms with van der Waals surface area (Å²) in [5.74, 6) is 0.498. The van der Waals surface area contributed by atoms with Crippen LogP contribution in [0.1, 0.15) is 68.3 Å². The molecule has 168 valence electrons. The number of carbonyl (C=O) groups is 1. The number of aromatic nitrogens is 2. The number of piperidine rings is 1. The van der Waals surface area contributed by atoms with E-state index in [4.69, 9.17) is 4.74 Å². The molecule has 0 spiro atoms. The summed E-state index contributed by atoms with van der Waals surface area (Å²) in [4.78, 5) is 13.0. The molecular weight excluding hydrogens is 416 g/mol. The lowest BCUT2D eigenvalue weighted by atomic mass is 10.1.